The first-order valence-electron chi connectivity index (χ1n) is 13.7. The van der Waals surface area contributed by atoms with E-state index in [4.69, 9.17) is 0 Å². The van der Waals surface area contributed by atoms with Gasteiger partial charge in [-0.05, 0) is 110 Å². The summed E-state index contributed by atoms with van der Waals surface area (Å²) < 4.78 is 0. The van der Waals surface area contributed by atoms with Crippen LogP contribution in [-0.2, 0) is 0 Å². The van der Waals surface area contributed by atoms with Crippen molar-refractivity contribution in [3.05, 3.63) is 12.2 Å². The van der Waals surface area contributed by atoms with Crippen LogP contribution in [0.3, 0.4) is 0 Å². The Balaban J connectivity index is 1.57. The maximum absolute atomic E-state index is 11.5. The van der Waals surface area contributed by atoms with E-state index in [1.165, 1.54) is 50.5 Å². The minimum atomic E-state index is -0.392. The Bertz CT molecular complexity index is 801. The van der Waals surface area contributed by atoms with Gasteiger partial charge in [-0.25, -0.2) is 0 Å². The van der Waals surface area contributed by atoms with Crippen molar-refractivity contribution in [3.63, 3.8) is 0 Å². The molecule has 2 heteroatoms. The van der Waals surface area contributed by atoms with Crippen molar-refractivity contribution in [2.45, 2.75) is 118 Å². The van der Waals surface area contributed by atoms with Gasteiger partial charge in [0, 0.05) is 11.8 Å². The topological polar surface area (TPSA) is 40.5 Å². The van der Waals surface area contributed by atoms with Gasteiger partial charge in [0.25, 0.3) is 0 Å². The average Bonchev–Trinajstić information content (AvgIpc) is 3.05. The van der Waals surface area contributed by atoms with Crippen LogP contribution < -0.4 is 0 Å². The Morgan fingerprint density at radius 2 is 1.44 bits per heavy atom. The van der Waals surface area contributed by atoms with Crippen LogP contribution in [0.25, 0.3) is 0 Å². The van der Waals surface area contributed by atoms with Crippen molar-refractivity contribution >= 4 is 0 Å². The number of fused-ring (bicyclic) bond motifs is 7. The van der Waals surface area contributed by atoms with Gasteiger partial charge in [0.1, 0.15) is 0 Å². The highest BCUT2D eigenvalue weighted by atomic mass is 16.3. The molecule has 0 radical (unpaired) electrons. The highest BCUT2D eigenvalue weighted by molar-refractivity contribution is 5.22. The predicted octanol–water partition coefficient (Wildman–Crippen LogP) is 7.00. The lowest BCUT2D eigenvalue weighted by Crippen LogP contribution is -2.69. The zero-order valence-electron chi connectivity index (χ0n) is 22.0. The molecular weight excluding hydrogens is 392 g/mol. The number of hydrogen-bond acceptors (Lipinski definition) is 2. The number of allylic oxidation sites excluding steroid dienone is 1. The fraction of sp³-hybridized carbons (Fsp3) is 0.933. The van der Waals surface area contributed by atoms with Gasteiger partial charge < -0.3 is 10.2 Å². The minimum Gasteiger partial charge on any atom is -0.392 e. The van der Waals surface area contributed by atoms with Crippen LogP contribution >= 0.6 is 0 Å². The zero-order chi connectivity index (χ0) is 23.5. The number of aliphatic hydroxyl groups excluding tert-OH is 2. The second kappa shape index (κ2) is 6.87. The summed E-state index contributed by atoms with van der Waals surface area (Å²) in [5, 5.41) is 22.4. The van der Waals surface area contributed by atoms with Crippen LogP contribution in [0.1, 0.15) is 106 Å². The van der Waals surface area contributed by atoms with Crippen molar-refractivity contribution < 1.29 is 10.2 Å². The maximum Gasteiger partial charge on any atom is 0.0624 e. The molecule has 11 atom stereocenters. The first-order chi connectivity index (χ1) is 14.7. The van der Waals surface area contributed by atoms with Crippen molar-refractivity contribution in [3.8, 4) is 0 Å². The Labute approximate surface area is 197 Å². The predicted molar refractivity (Wildman–Crippen MR) is 132 cm³/mol. The van der Waals surface area contributed by atoms with Gasteiger partial charge in [-0.1, -0.05) is 53.7 Å². The summed E-state index contributed by atoms with van der Waals surface area (Å²) in [5.74, 6) is 3.22. The van der Waals surface area contributed by atoms with E-state index in [-0.39, 0.29) is 22.3 Å². The Kier molecular flexibility index (Phi) is 5.02. The third kappa shape index (κ3) is 2.61. The van der Waals surface area contributed by atoms with Gasteiger partial charge in [-0.2, -0.15) is 0 Å². The molecule has 5 rings (SSSR count). The smallest absolute Gasteiger partial charge is 0.0624 e. The summed E-state index contributed by atoms with van der Waals surface area (Å²) >= 11 is 0. The molecule has 0 unspecified atom stereocenters. The third-order valence-electron chi connectivity index (χ3n) is 13.6. The van der Waals surface area contributed by atoms with E-state index in [2.05, 4.69) is 55.0 Å². The van der Waals surface area contributed by atoms with Gasteiger partial charge in [0.05, 0.1) is 12.2 Å². The molecule has 182 valence electrons. The van der Waals surface area contributed by atoms with E-state index in [0.717, 1.165) is 18.3 Å². The Hall–Kier alpha value is -0.340. The second-order valence-corrected chi connectivity index (χ2v) is 14.8. The number of aliphatic hydroxyl groups is 2. The summed E-state index contributed by atoms with van der Waals surface area (Å²) in [5.41, 5.74) is 2.32. The maximum atomic E-state index is 11.5. The molecule has 5 saturated carbocycles. The quantitative estimate of drug-likeness (QED) is 0.429. The first-order valence-corrected chi connectivity index (χ1v) is 13.7. The number of rotatable bonds is 1. The average molecular weight is 443 g/mol. The molecule has 0 heterocycles. The van der Waals surface area contributed by atoms with E-state index in [9.17, 15) is 10.2 Å². The van der Waals surface area contributed by atoms with Crippen LogP contribution in [0.5, 0.6) is 0 Å². The van der Waals surface area contributed by atoms with Crippen molar-refractivity contribution in [2.75, 3.05) is 0 Å². The summed E-state index contributed by atoms with van der Waals surface area (Å²) in [6.45, 7) is 21.6. The fourth-order valence-corrected chi connectivity index (χ4v) is 11.4. The Morgan fingerprint density at radius 3 is 2.09 bits per heavy atom. The summed E-state index contributed by atoms with van der Waals surface area (Å²) in [7, 11) is 0. The zero-order valence-corrected chi connectivity index (χ0v) is 22.0. The molecule has 0 spiro atoms. The third-order valence-corrected chi connectivity index (χ3v) is 13.6. The monoisotopic (exact) mass is 442 g/mol. The molecule has 0 aromatic carbocycles. The van der Waals surface area contributed by atoms with Gasteiger partial charge in [0.2, 0.25) is 0 Å². The van der Waals surface area contributed by atoms with E-state index < -0.39 is 6.10 Å². The molecule has 0 aromatic rings. The lowest BCUT2D eigenvalue weighted by molar-refractivity contribution is -0.273. The van der Waals surface area contributed by atoms with Gasteiger partial charge in [0.15, 0.2) is 0 Å². The number of hydrogen-bond donors (Lipinski definition) is 2. The fourth-order valence-electron chi connectivity index (χ4n) is 11.4. The minimum absolute atomic E-state index is 0.0894. The molecule has 2 N–H and O–H groups in total. The molecular formula is C30H50O2. The van der Waals surface area contributed by atoms with Crippen LogP contribution in [0.4, 0.5) is 0 Å². The van der Waals surface area contributed by atoms with Crippen molar-refractivity contribution in [1.29, 1.82) is 0 Å². The normalized spacial score (nSPS) is 58.8. The SMILES string of the molecule is C=C(C)[C@@H]1CC[C@]2(C)CC[C@]3(C)[C@@H](CC[C@H]4[C@@]5(C)[C@H](O)C[C@@H](O)C(C)(C)[C@H]5CC[C@]43C)[C@@H]12. The van der Waals surface area contributed by atoms with Crippen LogP contribution in [0.2, 0.25) is 0 Å². The van der Waals surface area contributed by atoms with Crippen molar-refractivity contribution in [1.82, 2.24) is 0 Å². The molecule has 5 aliphatic rings. The standard InChI is InChI=1S/C30H50O2/c1-18(2)19-11-13-27(5)15-16-28(6)20(25(19)27)9-10-22-29(28,7)14-12-21-26(3,4)23(31)17-24(32)30(21,22)8/h19-25,31-32H,1,9-17H2,2-8H3/t19-,20-,21+,22+,23+,24+,25+,27+,28+,29+,30-/m0/s1. The van der Waals surface area contributed by atoms with Crippen LogP contribution in [0, 0.1) is 56.7 Å². The summed E-state index contributed by atoms with van der Waals surface area (Å²) in [6, 6.07) is 0. The first kappa shape index (κ1) is 23.4. The molecule has 0 saturated heterocycles. The highest BCUT2D eigenvalue weighted by Gasteiger charge is 2.71. The van der Waals surface area contributed by atoms with E-state index in [0.29, 0.717) is 35.0 Å². The molecule has 0 bridgehead atoms. The lowest BCUT2D eigenvalue weighted by atomic mass is 9.32. The molecule has 0 aromatic heterocycles. The molecule has 5 fully saturated rings. The van der Waals surface area contributed by atoms with E-state index in [1.807, 2.05) is 0 Å². The van der Waals surface area contributed by atoms with Crippen LogP contribution in [-0.4, -0.2) is 22.4 Å². The summed E-state index contributed by atoms with van der Waals surface area (Å²) in [6.07, 6.45) is 10.2. The molecule has 32 heavy (non-hydrogen) atoms. The van der Waals surface area contributed by atoms with Crippen LogP contribution in [0.15, 0.2) is 12.2 Å². The molecule has 0 amide bonds. The summed E-state index contributed by atoms with van der Waals surface area (Å²) in [4.78, 5) is 0. The van der Waals surface area contributed by atoms with E-state index in [1.54, 1.807) is 0 Å². The highest BCUT2D eigenvalue weighted by Crippen LogP contribution is 2.77. The van der Waals surface area contributed by atoms with Crippen molar-refractivity contribution in [2.24, 2.45) is 56.7 Å². The lowest BCUT2D eigenvalue weighted by Gasteiger charge is -2.73. The molecule has 5 aliphatic carbocycles. The largest absolute Gasteiger partial charge is 0.392 e. The molecule has 0 aliphatic heterocycles. The second-order valence-electron chi connectivity index (χ2n) is 14.8. The van der Waals surface area contributed by atoms with Gasteiger partial charge >= 0.3 is 0 Å². The van der Waals surface area contributed by atoms with E-state index >= 15 is 0 Å². The molecule has 2 nitrogen and oxygen atoms in total. The van der Waals surface area contributed by atoms with Gasteiger partial charge in [-0.15, -0.1) is 0 Å². The van der Waals surface area contributed by atoms with Gasteiger partial charge in [-0.3, -0.25) is 0 Å². The Morgan fingerprint density at radius 1 is 0.750 bits per heavy atom.